The highest BCUT2D eigenvalue weighted by atomic mass is 79.9. The Balaban J connectivity index is 2.01. The van der Waals surface area contributed by atoms with Gasteiger partial charge in [0.05, 0.1) is 18.7 Å². The van der Waals surface area contributed by atoms with Crippen LogP contribution in [0.25, 0.3) is 16.1 Å². The number of halogens is 1. The molecule has 0 bridgehead atoms. The number of carboxylic acid groups (broad SMARTS) is 1. The summed E-state index contributed by atoms with van der Waals surface area (Å²) in [5.41, 5.74) is 2.15. The summed E-state index contributed by atoms with van der Waals surface area (Å²) < 4.78 is 2.29. The molecule has 1 heterocycles. The molecule has 0 fully saturated rings. The Morgan fingerprint density at radius 3 is 2.33 bits per heavy atom. The number of hydrogen-bond acceptors (Lipinski definition) is 3. The summed E-state index contributed by atoms with van der Waals surface area (Å²) in [5.74, 6) is -1.34. The Kier molecular flexibility index (Phi) is 5.19. The number of aromatic carboxylic acids is 1. The SMILES string of the molecule is [C-]#[N+]c1ccc(-c2nn(C)c(CC(=O)c3ccc(Br)cc3)c2C(=O)O)cc1. The van der Waals surface area contributed by atoms with Gasteiger partial charge in [-0.1, -0.05) is 52.3 Å². The van der Waals surface area contributed by atoms with E-state index in [9.17, 15) is 14.7 Å². The van der Waals surface area contributed by atoms with Crippen molar-refractivity contribution in [1.82, 2.24) is 9.78 Å². The molecule has 0 radical (unpaired) electrons. The third kappa shape index (κ3) is 3.81. The van der Waals surface area contributed by atoms with E-state index < -0.39 is 5.97 Å². The highest BCUT2D eigenvalue weighted by Crippen LogP contribution is 2.28. The standard InChI is InChI=1S/C20H14BrN3O3/c1-22-15-9-5-13(6-10-15)19-18(20(26)27)16(24(2)23-19)11-17(25)12-3-7-14(21)8-4-12/h3-10H,11H2,2H3,(H,26,27). The van der Waals surface area contributed by atoms with E-state index in [2.05, 4.69) is 25.9 Å². The van der Waals surface area contributed by atoms with E-state index in [0.717, 1.165) is 4.47 Å². The minimum atomic E-state index is -1.15. The number of carboxylic acids is 1. The Morgan fingerprint density at radius 2 is 1.78 bits per heavy atom. The van der Waals surface area contributed by atoms with Crippen LogP contribution in [0.2, 0.25) is 0 Å². The van der Waals surface area contributed by atoms with Gasteiger partial charge in [-0.05, 0) is 12.1 Å². The topological polar surface area (TPSA) is 76.5 Å². The number of nitrogens with zero attached hydrogens (tertiary/aromatic N) is 3. The molecule has 0 amide bonds. The normalized spacial score (nSPS) is 10.4. The van der Waals surface area contributed by atoms with Crippen molar-refractivity contribution >= 4 is 33.4 Å². The number of hydrogen-bond donors (Lipinski definition) is 1. The first-order valence-electron chi connectivity index (χ1n) is 7.96. The van der Waals surface area contributed by atoms with Crippen molar-refractivity contribution in [1.29, 1.82) is 0 Å². The van der Waals surface area contributed by atoms with Crippen LogP contribution in [-0.4, -0.2) is 26.6 Å². The summed E-state index contributed by atoms with van der Waals surface area (Å²) in [5, 5.41) is 14.0. The first-order valence-corrected chi connectivity index (χ1v) is 8.76. The molecule has 1 aromatic heterocycles. The van der Waals surface area contributed by atoms with E-state index in [-0.39, 0.29) is 23.5 Å². The molecule has 0 atom stereocenters. The van der Waals surface area contributed by atoms with Crippen LogP contribution in [-0.2, 0) is 13.5 Å². The molecule has 7 heteroatoms. The fourth-order valence-corrected chi connectivity index (χ4v) is 3.04. The lowest BCUT2D eigenvalue weighted by molar-refractivity contribution is 0.0696. The zero-order valence-corrected chi connectivity index (χ0v) is 15.9. The smallest absolute Gasteiger partial charge is 0.339 e. The van der Waals surface area contributed by atoms with Gasteiger partial charge in [-0.3, -0.25) is 9.48 Å². The van der Waals surface area contributed by atoms with Gasteiger partial charge in [-0.2, -0.15) is 5.10 Å². The van der Waals surface area contributed by atoms with Crippen LogP contribution in [0.3, 0.4) is 0 Å². The van der Waals surface area contributed by atoms with E-state index in [1.807, 2.05) is 0 Å². The molecule has 6 nitrogen and oxygen atoms in total. The molecular weight excluding hydrogens is 410 g/mol. The molecule has 0 saturated heterocycles. The molecule has 0 unspecified atom stereocenters. The summed E-state index contributed by atoms with van der Waals surface area (Å²) in [6.07, 6.45) is -0.0765. The fourth-order valence-electron chi connectivity index (χ4n) is 2.77. The van der Waals surface area contributed by atoms with E-state index in [0.29, 0.717) is 22.5 Å². The number of rotatable bonds is 5. The minimum Gasteiger partial charge on any atom is -0.478 e. The molecule has 27 heavy (non-hydrogen) atoms. The summed E-state index contributed by atoms with van der Waals surface area (Å²) in [6, 6.07) is 13.4. The molecule has 134 valence electrons. The molecule has 3 aromatic rings. The lowest BCUT2D eigenvalue weighted by Gasteiger charge is -2.05. The first-order chi connectivity index (χ1) is 12.9. The number of carbonyl (C=O) groups excluding carboxylic acids is 1. The van der Waals surface area contributed by atoms with Crippen LogP contribution in [0.15, 0.2) is 53.0 Å². The van der Waals surface area contributed by atoms with Crippen LogP contribution in [0.1, 0.15) is 26.4 Å². The molecule has 1 N–H and O–H groups in total. The molecule has 3 rings (SSSR count). The van der Waals surface area contributed by atoms with Crippen molar-refractivity contribution in [3.8, 4) is 11.3 Å². The summed E-state index contributed by atoms with van der Waals surface area (Å²) >= 11 is 3.32. The second kappa shape index (κ2) is 7.56. The predicted molar refractivity (Wildman–Crippen MR) is 104 cm³/mol. The minimum absolute atomic E-state index is 0.00137. The number of ketones is 1. The molecule has 0 aliphatic heterocycles. The van der Waals surface area contributed by atoms with Crippen LogP contribution in [0, 0.1) is 6.57 Å². The Labute approximate surface area is 164 Å². The zero-order valence-electron chi connectivity index (χ0n) is 14.3. The van der Waals surface area contributed by atoms with Gasteiger partial charge < -0.3 is 5.11 Å². The lowest BCUT2D eigenvalue weighted by atomic mass is 10.0. The average Bonchev–Trinajstić information content (AvgIpc) is 2.99. The van der Waals surface area contributed by atoms with Crippen LogP contribution >= 0.6 is 15.9 Å². The van der Waals surface area contributed by atoms with Gasteiger partial charge in [0.1, 0.15) is 11.3 Å². The monoisotopic (exact) mass is 423 g/mol. The van der Waals surface area contributed by atoms with E-state index in [1.165, 1.54) is 4.68 Å². The van der Waals surface area contributed by atoms with Crippen molar-refractivity contribution in [2.24, 2.45) is 7.05 Å². The first kappa shape index (κ1) is 18.5. The molecule has 0 spiro atoms. The highest BCUT2D eigenvalue weighted by molar-refractivity contribution is 9.10. The molecule has 0 aliphatic carbocycles. The summed E-state index contributed by atoms with van der Waals surface area (Å²) in [6.45, 7) is 7.01. The van der Waals surface area contributed by atoms with Crippen molar-refractivity contribution in [2.45, 2.75) is 6.42 Å². The van der Waals surface area contributed by atoms with E-state index >= 15 is 0 Å². The van der Waals surface area contributed by atoms with Crippen molar-refractivity contribution in [2.75, 3.05) is 0 Å². The van der Waals surface area contributed by atoms with E-state index in [1.54, 1.807) is 55.6 Å². The van der Waals surface area contributed by atoms with Crippen LogP contribution in [0.4, 0.5) is 5.69 Å². The van der Waals surface area contributed by atoms with Gasteiger partial charge >= 0.3 is 5.97 Å². The summed E-state index contributed by atoms with van der Waals surface area (Å²) in [7, 11) is 1.62. The maximum absolute atomic E-state index is 12.6. The van der Waals surface area contributed by atoms with Crippen molar-refractivity contribution < 1.29 is 14.7 Å². The number of aromatic nitrogens is 2. The second-order valence-corrected chi connectivity index (χ2v) is 6.78. The van der Waals surface area contributed by atoms with Crippen molar-refractivity contribution in [3.05, 3.63) is 81.2 Å². The van der Waals surface area contributed by atoms with Crippen LogP contribution in [0.5, 0.6) is 0 Å². The molecule has 0 aliphatic rings. The van der Waals surface area contributed by atoms with Gasteiger partial charge in [0, 0.05) is 22.6 Å². The fraction of sp³-hybridized carbons (Fsp3) is 0.100. The van der Waals surface area contributed by atoms with Crippen LogP contribution < -0.4 is 0 Å². The van der Waals surface area contributed by atoms with Gasteiger partial charge in [0.2, 0.25) is 0 Å². The Morgan fingerprint density at radius 1 is 1.15 bits per heavy atom. The maximum Gasteiger partial charge on any atom is 0.339 e. The zero-order chi connectivity index (χ0) is 19.6. The number of carbonyl (C=O) groups is 2. The van der Waals surface area contributed by atoms with Gasteiger partial charge in [-0.25, -0.2) is 9.64 Å². The average molecular weight is 424 g/mol. The maximum atomic E-state index is 12.6. The quantitative estimate of drug-likeness (QED) is 0.483. The molecular formula is C20H14BrN3O3. The largest absolute Gasteiger partial charge is 0.478 e. The van der Waals surface area contributed by atoms with Crippen molar-refractivity contribution in [3.63, 3.8) is 0 Å². The molecule has 2 aromatic carbocycles. The predicted octanol–water partition coefficient (Wildman–Crippen LogP) is 4.52. The van der Waals surface area contributed by atoms with E-state index in [4.69, 9.17) is 6.57 Å². The third-order valence-corrected chi connectivity index (χ3v) is 4.67. The number of Topliss-reactive ketones (excluding diaryl/α,β-unsaturated/α-hetero) is 1. The number of aryl methyl sites for hydroxylation is 1. The van der Waals surface area contributed by atoms with Gasteiger partial charge in [0.15, 0.2) is 11.5 Å². The highest BCUT2D eigenvalue weighted by Gasteiger charge is 2.25. The number of benzene rings is 2. The third-order valence-electron chi connectivity index (χ3n) is 4.14. The van der Waals surface area contributed by atoms with Gasteiger partial charge in [-0.15, -0.1) is 0 Å². The Bertz CT molecular complexity index is 1060. The molecule has 0 saturated carbocycles. The Hall–Kier alpha value is -3.24. The summed E-state index contributed by atoms with van der Waals surface area (Å²) in [4.78, 5) is 27.8. The second-order valence-electron chi connectivity index (χ2n) is 5.86. The lowest BCUT2D eigenvalue weighted by Crippen LogP contribution is -2.12. The van der Waals surface area contributed by atoms with Gasteiger partial charge in [0.25, 0.3) is 0 Å².